The van der Waals surface area contributed by atoms with E-state index in [0.717, 1.165) is 0 Å². The lowest BCUT2D eigenvalue weighted by Crippen LogP contribution is -2.64. The van der Waals surface area contributed by atoms with Crippen LogP contribution in [0.1, 0.15) is 5.56 Å². The Hall–Kier alpha value is -1.22. The highest BCUT2D eigenvalue weighted by Crippen LogP contribution is 2.39. The first-order chi connectivity index (χ1) is 11.0. The number of rotatable bonds is 7. The van der Waals surface area contributed by atoms with E-state index in [1.165, 1.54) is 26.4 Å². The van der Waals surface area contributed by atoms with Gasteiger partial charge < -0.3 is 29.9 Å². The number of nitrogens with one attached hydrogen (secondary N) is 1. The Labute approximate surface area is 152 Å². The van der Waals surface area contributed by atoms with E-state index in [-0.39, 0.29) is 17.9 Å². The second kappa shape index (κ2) is 7.77. The van der Waals surface area contributed by atoms with Gasteiger partial charge in [0.1, 0.15) is 32.8 Å². The number of aliphatic hydroxyl groups is 2. The van der Waals surface area contributed by atoms with Crippen molar-refractivity contribution in [3.63, 3.8) is 0 Å². The van der Waals surface area contributed by atoms with Crippen LogP contribution >= 0.6 is 15.9 Å². The van der Waals surface area contributed by atoms with Gasteiger partial charge in [0.2, 0.25) is 5.91 Å². The average molecular weight is 397 g/mol. The molecule has 0 aliphatic heterocycles. The quantitative estimate of drug-likeness (QED) is 0.416. The molecule has 0 aromatic heterocycles. The van der Waals surface area contributed by atoms with Gasteiger partial charge in [-0.1, -0.05) is 0 Å². The molecule has 4 radical (unpaired) electrons. The summed E-state index contributed by atoms with van der Waals surface area (Å²) in [5.74, 6) is -0.166. The van der Waals surface area contributed by atoms with Gasteiger partial charge in [-0.25, -0.2) is 0 Å². The second-order valence-electron chi connectivity index (χ2n) is 5.51. The van der Waals surface area contributed by atoms with Gasteiger partial charge in [-0.2, -0.15) is 0 Å². The molecule has 10 heteroatoms. The highest BCUT2D eigenvalue weighted by atomic mass is 79.9. The largest absolute Gasteiger partial charge is 0.496 e. The van der Waals surface area contributed by atoms with Crippen molar-refractivity contribution >= 4 is 37.5 Å². The number of halogens is 1. The van der Waals surface area contributed by atoms with Crippen LogP contribution in [0, 0.1) is 0 Å². The van der Waals surface area contributed by atoms with Gasteiger partial charge in [0, 0.05) is 5.56 Å². The van der Waals surface area contributed by atoms with Crippen LogP contribution in [0.4, 0.5) is 0 Å². The third kappa shape index (κ3) is 4.44. The van der Waals surface area contributed by atoms with Crippen LogP contribution in [-0.4, -0.2) is 77.2 Å². The summed E-state index contributed by atoms with van der Waals surface area (Å²) in [6.45, 7) is -0.0591. The Morgan fingerprint density at radius 2 is 1.79 bits per heavy atom. The molecule has 0 aliphatic rings. The van der Waals surface area contributed by atoms with E-state index < -0.39 is 17.0 Å². The molecule has 0 spiro atoms. The van der Waals surface area contributed by atoms with E-state index >= 15 is 0 Å². The fourth-order valence-electron chi connectivity index (χ4n) is 2.00. The Morgan fingerprint density at radius 3 is 2.25 bits per heavy atom. The van der Waals surface area contributed by atoms with E-state index in [2.05, 4.69) is 21.2 Å². The zero-order valence-electron chi connectivity index (χ0n) is 14.0. The first-order valence-electron chi connectivity index (χ1n) is 6.86. The van der Waals surface area contributed by atoms with Crippen molar-refractivity contribution in [2.75, 3.05) is 34.9 Å². The van der Waals surface area contributed by atoms with E-state index in [1.807, 2.05) is 0 Å². The standard InChI is InChI=1S/C14H19B2BrN2O5/c1-19(2)7-12(20)18-14(16,22)13(15,21)8-5-11(24-4)9(17)6-10(8)23-3/h5-6,21-22H,7H2,1-4H3,(H,18,20). The maximum atomic E-state index is 11.9. The second-order valence-corrected chi connectivity index (χ2v) is 6.36. The molecule has 24 heavy (non-hydrogen) atoms. The predicted octanol–water partition coefficient (Wildman–Crippen LogP) is -0.728. The Balaban J connectivity index is 3.28. The molecular formula is C14H19B2BrN2O5. The lowest BCUT2D eigenvalue weighted by Gasteiger charge is -2.41. The molecule has 0 aliphatic carbocycles. The lowest BCUT2D eigenvalue weighted by atomic mass is 9.60. The molecule has 0 saturated heterocycles. The zero-order valence-corrected chi connectivity index (χ0v) is 15.5. The predicted molar refractivity (Wildman–Crippen MR) is 94.3 cm³/mol. The number of amides is 1. The lowest BCUT2D eigenvalue weighted by molar-refractivity contribution is -0.134. The summed E-state index contributed by atoms with van der Waals surface area (Å²) >= 11 is 3.27. The zero-order chi connectivity index (χ0) is 18.7. The molecule has 7 nitrogen and oxygen atoms in total. The Morgan fingerprint density at radius 1 is 1.25 bits per heavy atom. The van der Waals surface area contributed by atoms with Gasteiger partial charge in [-0.05, 0) is 42.2 Å². The van der Waals surface area contributed by atoms with Crippen molar-refractivity contribution in [1.82, 2.24) is 10.2 Å². The van der Waals surface area contributed by atoms with E-state index in [4.69, 9.17) is 25.2 Å². The van der Waals surface area contributed by atoms with E-state index in [9.17, 15) is 15.0 Å². The van der Waals surface area contributed by atoms with Crippen molar-refractivity contribution in [1.29, 1.82) is 0 Å². The van der Waals surface area contributed by atoms with Crippen molar-refractivity contribution in [2.45, 2.75) is 11.1 Å². The molecule has 1 aromatic rings. The molecule has 2 atom stereocenters. The minimum absolute atomic E-state index is 0.0591. The van der Waals surface area contributed by atoms with Gasteiger partial charge in [0.05, 0.1) is 30.7 Å². The van der Waals surface area contributed by atoms with Crippen LogP contribution < -0.4 is 14.8 Å². The number of nitrogens with zero attached hydrogens (tertiary/aromatic N) is 1. The minimum Gasteiger partial charge on any atom is -0.496 e. The minimum atomic E-state index is -2.66. The maximum absolute atomic E-state index is 11.9. The number of hydrogen-bond donors (Lipinski definition) is 3. The Bertz CT molecular complexity index is 611. The van der Waals surface area contributed by atoms with Crippen LogP contribution in [0.5, 0.6) is 11.5 Å². The molecular weight excluding hydrogens is 378 g/mol. The summed E-state index contributed by atoms with van der Waals surface area (Å²) in [5.41, 5.74) is -5.29. The van der Waals surface area contributed by atoms with E-state index in [0.29, 0.717) is 10.2 Å². The molecule has 1 aromatic carbocycles. The van der Waals surface area contributed by atoms with Crippen LogP contribution in [-0.2, 0) is 10.3 Å². The summed E-state index contributed by atoms with van der Waals surface area (Å²) in [5, 5.41) is 23.1. The molecule has 1 rings (SSSR count). The third-order valence-electron chi connectivity index (χ3n) is 3.26. The van der Waals surface area contributed by atoms with Gasteiger partial charge in [0.25, 0.3) is 0 Å². The molecule has 0 fully saturated rings. The topological polar surface area (TPSA) is 91.3 Å². The highest BCUT2D eigenvalue weighted by Gasteiger charge is 2.45. The van der Waals surface area contributed by atoms with Crippen molar-refractivity contribution in [3.8, 4) is 11.5 Å². The van der Waals surface area contributed by atoms with Crippen molar-refractivity contribution in [3.05, 3.63) is 22.2 Å². The molecule has 0 saturated carbocycles. The molecule has 3 N–H and O–H groups in total. The summed E-state index contributed by atoms with van der Waals surface area (Å²) < 4.78 is 10.8. The fraction of sp³-hybridized carbons (Fsp3) is 0.500. The van der Waals surface area contributed by atoms with Crippen LogP contribution in [0.25, 0.3) is 0 Å². The van der Waals surface area contributed by atoms with Crippen LogP contribution in [0.15, 0.2) is 16.6 Å². The Kier molecular flexibility index (Phi) is 6.75. The molecule has 0 bridgehead atoms. The van der Waals surface area contributed by atoms with Crippen molar-refractivity contribution < 1.29 is 24.5 Å². The molecule has 0 heterocycles. The summed E-state index contributed by atoms with van der Waals surface area (Å²) in [4.78, 5) is 13.4. The van der Waals surface area contributed by atoms with Crippen LogP contribution in [0.2, 0.25) is 0 Å². The first kappa shape index (κ1) is 20.8. The monoisotopic (exact) mass is 396 g/mol. The van der Waals surface area contributed by atoms with Gasteiger partial charge in [0.15, 0.2) is 0 Å². The third-order valence-corrected chi connectivity index (χ3v) is 3.88. The van der Waals surface area contributed by atoms with Gasteiger partial charge >= 0.3 is 0 Å². The number of benzene rings is 1. The number of likely N-dealkylation sites (N-methyl/N-ethyl adjacent to an activating group) is 1. The summed E-state index contributed by atoms with van der Waals surface area (Å²) in [7, 11) is 17.6. The van der Waals surface area contributed by atoms with E-state index in [1.54, 1.807) is 19.0 Å². The number of hydrogen-bond acceptors (Lipinski definition) is 6. The highest BCUT2D eigenvalue weighted by molar-refractivity contribution is 9.10. The summed E-state index contributed by atoms with van der Waals surface area (Å²) in [6.07, 6.45) is 0. The smallest absolute Gasteiger partial charge is 0.235 e. The normalized spacial score (nSPS) is 16.2. The number of methoxy groups -OCH3 is 2. The first-order valence-corrected chi connectivity index (χ1v) is 7.65. The fourth-order valence-corrected chi connectivity index (χ4v) is 2.48. The SMILES string of the molecule is [B]C(O)(NC(=O)CN(C)C)C([B])(O)c1cc(OC)c(Br)cc1OC. The summed E-state index contributed by atoms with van der Waals surface area (Å²) in [6, 6.07) is 2.84. The van der Waals surface area contributed by atoms with Crippen molar-refractivity contribution in [2.24, 2.45) is 0 Å². The number of ether oxygens (including phenoxy) is 2. The number of carbonyl (C=O) groups excluding carboxylic acids is 1. The molecule has 2 unspecified atom stereocenters. The maximum Gasteiger partial charge on any atom is 0.235 e. The molecule has 1 amide bonds. The van der Waals surface area contributed by atoms with Gasteiger partial charge in [-0.15, -0.1) is 0 Å². The van der Waals surface area contributed by atoms with Gasteiger partial charge in [-0.3, -0.25) is 4.79 Å². The molecule has 128 valence electrons. The van der Waals surface area contributed by atoms with Crippen LogP contribution in [0.3, 0.4) is 0 Å². The average Bonchev–Trinajstić information content (AvgIpc) is 2.44. The number of carbonyl (C=O) groups is 1.